The van der Waals surface area contributed by atoms with E-state index in [1.165, 1.54) is 0 Å². The molecule has 1 N–H and O–H groups in total. The molecule has 0 unspecified atom stereocenters. The molecule has 3 rings (SSSR count). The van der Waals surface area contributed by atoms with Crippen LogP contribution in [-0.4, -0.2) is 45.6 Å². The van der Waals surface area contributed by atoms with Gasteiger partial charge in [-0.2, -0.15) is 0 Å². The summed E-state index contributed by atoms with van der Waals surface area (Å²) in [5.41, 5.74) is 2.05. The van der Waals surface area contributed by atoms with Crippen LogP contribution in [0.2, 0.25) is 0 Å². The molecular weight excluding hydrogens is 254 g/mol. The summed E-state index contributed by atoms with van der Waals surface area (Å²) in [7, 11) is 1.67. The van der Waals surface area contributed by atoms with Gasteiger partial charge in [0, 0.05) is 38.8 Å². The van der Waals surface area contributed by atoms with E-state index in [1.807, 2.05) is 17.2 Å². The number of nitrogens with one attached hydrogen (secondary N) is 1. The standard InChI is InChI=1S/C14H19N5O/c1-3-19-12-8-16-6-4-11(12)17-13(19)10-5-7-18(9-10)14(20)15-2/h4,6,8,10H,3,5,7,9H2,1-2H3,(H,15,20)/t10-/m0/s1. The second-order valence-corrected chi connectivity index (χ2v) is 5.07. The molecule has 2 amide bonds. The summed E-state index contributed by atoms with van der Waals surface area (Å²) in [4.78, 5) is 22.5. The van der Waals surface area contributed by atoms with Crippen LogP contribution in [0, 0.1) is 0 Å². The van der Waals surface area contributed by atoms with Gasteiger partial charge in [0.1, 0.15) is 5.82 Å². The third kappa shape index (κ3) is 2.01. The van der Waals surface area contributed by atoms with Gasteiger partial charge in [-0.1, -0.05) is 0 Å². The zero-order chi connectivity index (χ0) is 14.1. The van der Waals surface area contributed by atoms with Crippen LogP contribution in [0.25, 0.3) is 11.0 Å². The average Bonchev–Trinajstić information content (AvgIpc) is 3.10. The van der Waals surface area contributed by atoms with Crippen molar-refractivity contribution < 1.29 is 4.79 Å². The van der Waals surface area contributed by atoms with Crippen LogP contribution < -0.4 is 5.32 Å². The van der Waals surface area contributed by atoms with Crippen molar-refractivity contribution in [2.24, 2.45) is 0 Å². The molecule has 106 valence electrons. The zero-order valence-corrected chi connectivity index (χ0v) is 11.8. The van der Waals surface area contributed by atoms with Crippen molar-refractivity contribution in [1.29, 1.82) is 0 Å². The van der Waals surface area contributed by atoms with Crippen molar-refractivity contribution in [3.05, 3.63) is 24.3 Å². The number of amides is 2. The van der Waals surface area contributed by atoms with E-state index in [-0.39, 0.29) is 6.03 Å². The van der Waals surface area contributed by atoms with Gasteiger partial charge in [-0.25, -0.2) is 9.78 Å². The summed E-state index contributed by atoms with van der Waals surface area (Å²) in [6.45, 7) is 4.50. The maximum absolute atomic E-state index is 11.7. The summed E-state index contributed by atoms with van der Waals surface area (Å²) < 4.78 is 2.21. The topological polar surface area (TPSA) is 63.1 Å². The third-order valence-corrected chi connectivity index (χ3v) is 3.95. The van der Waals surface area contributed by atoms with Gasteiger partial charge in [0.05, 0.1) is 17.2 Å². The molecule has 0 spiro atoms. The average molecular weight is 273 g/mol. The minimum atomic E-state index is -0.00618. The molecule has 6 nitrogen and oxygen atoms in total. The second kappa shape index (κ2) is 5.11. The van der Waals surface area contributed by atoms with Crippen LogP contribution in [0.1, 0.15) is 25.1 Å². The highest BCUT2D eigenvalue weighted by Crippen LogP contribution is 2.29. The highest BCUT2D eigenvalue weighted by atomic mass is 16.2. The predicted octanol–water partition coefficient (Wildman–Crippen LogP) is 1.58. The van der Waals surface area contributed by atoms with Gasteiger partial charge in [-0.3, -0.25) is 4.98 Å². The van der Waals surface area contributed by atoms with Crippen molar-refractivity contribution in [1.82, 2.24) is 24.8 Å². The molecule has 0 bridgehead atoms. The molecule has 1 saturated heterocycles. The fourth-order valence-corrected chi connectivity index (χ4v) is 2.95. The molecule has 1 aliphatic heterocycles. The predicted molar refractivity (Wildman–Crippen MR) is 76.6 cm³/mol. The zero-order valence-electron chi connectivity index (χ0n) is 11.8. The molecule has 0 aromatic carbocycles. The smallest absolute Gasteiger partial charge is 0.317 e. The Morgan fingerprint density at radius 2 is 2.40 bits per heavy atom. The van der Waals surface area contributed by atoms with Gasteiger partial charge in [0.15, 0.2) is 0 Å². The van der Waals surface area contributed by atoms with E-state index in [2.05, 4.69) is 21.8 Å². The second-order valence-electron chi connectivity index (χ2n) is 5.07. The lowest BCUT2D eigenvalue weighted by Gasteiger charge is -2.16. The van der Waals surface area contributed by atoms with Crippen molar-refractivity contribution in [2.45, 2.75) is 25.8 Å². The Labute approximate surface area is 117 Å². The van der Waals surface area contributed by atoms with Crippen molar-refractivity contribution in [2.75, 3.05) is 20.1 Å². The minimum absolute atomic E-state index is 0.00618. The Hall–Kier alpha value is -2.11. The summed E-state index contributed by atoms with van der Waals surface area (Å²) in [5, 5.41) is 2.68. The number of carbonyl (C=O) groups excluding carboxylic acids is 1. The van der Waals surface area contributed by atoms with Gasteiger partial charge < -0.3 is 14.8 Å². The van der Waals surface area contributed by atoms with Crippen molar-refractivity contribution in [3.63, 3.8) is 0 Å². The van der Waals surface area contributed by atoms with Gasteiger partial charge in [0.25, 0.3) is 0 Å². The summed E-state index contributed by atoms with van der Waals surface area (Å²) in [6.07, 6.45) is 4.59. The number of pyridine rings is 1. The number of aryl methyl sites for hydroxylation is 1. The Balaban J connectivity index is 1.93. The summed E-state index contributed by atoms with van der Waals surface area (Å²) in [6, 6.07) is 1.93. The molecule has 1 fully saturated rings. The molecule has 0 aliphatic carbocycles. The number of nitrogens with zero attached hydrogens (tertiary/aromatic N) is 4. The largest absolute Gasteiger partial charge is 0.341 e. The van der Waals surface area contributed by atoms with Gasteiger partial charge >= 0.3 is 6.03 Å². The Morgan fingerprint density at radius 3 is 3.15 bits per heavy atom. The molecule has 1 aliphatic rings. The molecule has 2 aromatic rings. The number of imidazole rings is 1. The van der Waals surface area contributed by atoms with E-state index in [1.54, 1.807) is 13.2 Å². The van der Waals surface area contributed by atoms with E-state index in [0.29, 0.717) is 5.92 Å². The van der Waals surface area contributed by atoms with Crippen LogP contribution in [0.15, 0.2) is 18.5 Å². The lowest BCUT2D eigenvalue weighted by atomic mass is 10.1. The minimum Gasteiger partial charge on any atom is -0.341 e. The lowest BCUT2D eigenvalue weighted by molar-refractivity contribution is 0.210. The molecule has 0 radical (unpaired) electrons. The van der Waals surface area contributed by atoms with Crippen LogP contribution in [-0.2, 0) is 6.54 Å². The normalized spacial score (nSPS) is 18.7. The van der Waals surface area contributed by atoms with Crippen molar-refractivity contribution >= 4 is 17.1 Å². The quantitative estimate of drug-likeness (QED) is 0.903. The molecule has 20 heavy (non-hydrogen) atoms. The summed E-state index contributed by atoms with van der Waals surface area (Å²) >= 11 is 0. The third-order valence-electron chi connectivity index (χ3n) is 3.95. The van der Waals surface area contributed by atoms with Crippen LogP contribution in [0.5, 0.6) is 0 Å². The first-order valence-corrected chi connectivity index (χ1v) is 7.01. The van der Waals surface area contributed by atoms with Gasteiger partial charge in [0.2, 0.25) is 0 Å². The first-order valence-electron chi connectivity index (χ1n) is 7.01. The fourth-order valence-electron chi connectivity index (χ4n) is 2.95. The van der Waals surface area contributed by atoms with Crippen LogP contribution in [0.3, 0.4) is 0 Å². The van der Waals surface area contributed by atoms with E-state index >= 15 is 0 Å². The Kier molecular flexibility index (Phi) is 3.30. The lowest BCUT2D eigenvalue weighted by Crippen LogP contribution is -2.36. The van der Waals surface area contributed by atoms with Gasteiger partial charge in [-0.05, 0) is 19.4 Å². The van der Waals surface area contributed by atoms with Gasteiger partial charge in [-0.15, -0.1) is 0 Å². The number of likely N-dealkylation sites (tertiary alicyclic amines) is 1. The van der Waals surface area contributed by atoms with Crippen LogP contribution >= 0.6 is 0 Å². The number of urea groups is 1. The molecule has 6 heteroatoms. The van der Waals surface area contributed by atoms with Crippen molar-refractivity contribution in [3.8, 4) is 0 Å². The van der Waals surface area contributed by atoms with Crippen LogP contribution in [0.4, 0.5) is 4.79 Å². The van der Waals surface area contributed by atoms with E-state index in [9.17, 15) is 4.79 Å². The number of aromatic nitrogens is 3. The molecule has 1 atom stereocenters. The maximum atomic E-state index is 11.7. The molecule has 0 saturated carbocycles. The van der Waals surface area contributed by atoms with E-state index in [4.69, 9.17) is 4.98 Å². The molecule has 2 aromatic heterocycles. The number of rotatable bonds is 2. The summed E-state index contributed by atoms with van der Waals surface area (Å²) in [5.74, 6) is 1.38. The van der Waals surface area contributed by atoms with E-state index in [0.717, 1.165) is 42.9 Å². The maximum Gasteiger partial charge on any atom is 0.317 e. The first-order chi connectivity index (χ1) is 9.74. The SMILES string of the molecule is CCn1c([C@H]2CCN(C(=O)NC)C2)nc2ccncc21. The Morgan fingerprint density at radius 1 is 1.55 bits per heavy atom. The highest BCUT2D eigenvalue weighted by molar-refractivity contribution is 5.75. The number of hydrogen-bond donors (Lipinski definition) is 1. The Bertz CT molecular complexity index is 636. The number of carbonyl (C=O) groups is 1. The monoisotopic (exact) mass is 273 g/mol. The number of fused-ring (bicyclic) bond motifs is 1. The molecule has 3 heterocycles. The van der Waals surface area contributed by atoms with E-state index < -0.39 is 0 Å². The highest BCUT2D eigenvalue weighted by Gasteiger charge is 2.30. The fraction of sp³-hybridized carbons (Fsp3) is 0.500. The molecular formula is C14H19N5O. The first kappa shape index (κ1) is 12.9. The number of hydrogen-bond acceptors (Lipinski definition) is 3.